The number of fused-ring (bicyclic) bond motifs is 1. The van der Waals surface area contributed by atoms with Crippen LogP contribution in [-0.4, -0.2) is 62.4 Å². The van der Waals surface area contributed by atoms with Crippen LogP contribution in [-0.2, 0) is 11.3 Å². The minimum Gasteiger partial charge on any atom is -0.491 e. The third-order valence-corrected chi connectivity index (χ3v) is 5.76. The molecule has 0 aromatic heterocycles. The summed E-state index contributed by atoms with van der Waals surface area (Å²) in [6.45, 7) is 6.49. The molecule has 1 fully saturated rings. The Morgan fingerprint density at radius 2 is 1.91 bits per heavy atom. The number of benzene rings is 2. The number of nitrogens with zero attached hydrogens (tertiary/aromatic N) is 2. The van der Waals surface area contributed by atoms with E-state index >= 15 is 0 Å². The fourth-order valence-electron chi connectivity index (χ4n) is 3.84. The van der Waals surface area contributed by atoms with Gasteiger partial charge in [0.1, 0.15) is 0 Å². The van der Waals surface area contributed by atoms with Crippen molar-refractivity contribution in [3.8, 4) is 23.0 Å². The first-order valence-electron chi connectivity index (χ1n) is 10.7. The number of hydrogen-bond acceptors (Lipinski definition) is 6. The highest BCUT2D eigenvalue weighted by atomic mass is 35.5. The standard InChI is InChI=1S/C24H27ClN2O5/c1-3-30-22-13-17(12-19(25)24(22)29-2)5-7-23(28)27-10-8-26(9-11-27)15-18-4-6-20-21(14-18)32-16-31-20/h4-7,12-14H,3,8-11,15-16H2,1-2H3. The first-order chi connectivity index (χ1) is 15.6. The van der Waals surface area contributed by atoms with Crippen LogP contribution in [0.5, 0.6) is 23.0 Å². The maximum atomic E-state index is 12.7. The largest absolute Gasteiger partial charge is 0.491 e. The lowest BCUT2D eigenvalue weighted by molar-refractivity contribution is -0.127. The maximum absolute atomic E-state index is 12.7. The monoisotopic (exact) mass is 458 g/mol. The van der Waals surface area contributed by atoms with Gasteiger partial charge < -0.3 is 23.8 Å². The Kier molecular flexibility index (Phi) is 7.07. The third kappa shape index (κ3) is 5.11. The Balaban J connectivity index is 1.32. The van der Waals surface area contributed by atoms with Gasteiger partial charge in [-0.1, -0.05) is 17.7 Å². The third-order valence-electron chi connectivity index (χ3n) is 5.48. The Bertz CT molecular complexity index is 1000. The van der Waals surface area contributed by atoms with Crippen molar-refractivity contribution in [2.45, 2.75) is 13.5 Å². The molecule has 170 valence electrons. The quantitative estimate of drug-likeness (QED) is 0.588. The topological polar surface area (TPSA) is 60.5 Å². The molecule has 2 aromatic carbocycles. The lowest BCUT2D eigenvalue weighted by Gasteiger charge is -2.34. The van der Waals surface area contributed by atoms with Crippen molar-refractivity contribution in [2.75, 3.05) is 46.7 Å². The molecule has 0 aliphatic carbocycles. The number of rotatable bonds is 7. The molecule has 2 heterocycles. The fraction of sp³-hybridized carbons (Fsp3) is 0.375. The lowest BCUT2D eigenvalue weighted by atomic mass is 10.1. The van der Waals surface area contributed by atoms with Crippen molar-refractivity contribution in [3.05, 3.63) is 52.6 Å². The molecular formula is C24H27ClN2O5. The summed E-state index contributed by atoms with van der Waals surface area (Å²) in [5, 5.41) is 0.447. The van der Waals surface area contributed by atoms with E-state index in [4.69, 9.17) is 30.5 Å². The number of hydrogen-bond donors (Lipinski definition) is 0. The smallest absolute Gasteiger partial charge is 0.246 e. The fourth-order valence-corrected chi connectivity index (χ4v) is 4.14. The van der Waals surface area contributed by atoms with Gasteiger partial charge in [0.25, 0.3) is 0 Å². The first kappa shape index (κ1) is 22.3. The van der Waals surface area contributed by atoms with Gasteiger partial charge in [-0.25, -0.2) is 0 Å². The Hall–Kier alpha value is -2.90. The predicted octanol–water partition coefficient (Wildman–Crippen LogP) is 3.83. The lowest BCUT2D eigenvalue weighted by Crippen LogP contribution is -2.47. The number of amides is 1. The molecule has 0 radical (unpaired) electrons. The van der Waals surface area contributed by atoms with Crippen LogP contribution >= 0.6 is 11.6 Å². The predicted molar refractivity (Wildman–Crippen MR) is 123 cm³/mol. The Morgan fingerprint density at radius 3 is 2.66 bits per heavy atom. The van der Waals surface area contributed by atoms with Gasteiger partial charge >= 0.3 is 0 Å². The Labute approximate surface area is 193 Å². The summed E-state index contributed by atoms with van der Waals surface area (Å²) >= 11 is 6.29. The van der Waals surface area contributed by atoms with Crippen LogP contribution in [0.1, 0.15) is 18.1 Å². The molecule has 32 heavy (non-hydrogen) atoms. The number of piperazine rings is 1. The molecule has 1 saturated heterocycles. The second-order valence-electron chi connectivity index (χ2n) is 7.59. The second-order valence-corrected chi connectivity index (χ2v) is 8.00. The number of carbonyl (C=O) groups is 1. The van der Waals surface area contributed by atoms with Crippen molar-refractivity contribution in [3.63, 3.8) is 0 Å². The van der Waals surface area contributed by atoms with Gasteiger partial charge in [-0.2, -0.15) is 0 Å². The summed E-state index contributed by atoms with van der Waals surface area (Å²) in [5.41, 5.74) is 1.96. The van der Waals surface area contributed by atoms with Gasteiger partial charge in [-0.15, -0.1) is 0 Å². The Morgan fingerprint density at radius 1 is 1.12 bits per heavy atom. The summed E-state index contributed by atoms with van der Waals surface area (Å²) in [6.07, 6.45) is 3.34. The van der Waals surface area contributed by atoms with Crippen molar-refractivity contribution < 1.29 is 23.7 Å². The number of halogens is 1. The average Bonchev–Trinajstić information content (AvgIpc) is 3.26. The number of ether oxygens (including phenoxy) is 4. The van der Waals surface area contributed by atoms with Gasteiger partial charge in [-0.05, 0) is 48.4 Å². The van der Waals surface area contributed by atoms with E-state index in [0.717, 1.165) is 36.7 Å². The molecule has 0 unspecified atom stereocenters. The summed E-state index contributed by atoms with van der Waals surface area (Å²) in [7, 11) is 1.55. The minimum atomic E-state index is -0.0161. The van der Waals surface area contributed by atoms with E-state index in [1.165, 1.54) is 5.56 Å². The maximum Gasteiger partial charge on any atom is 0.246 e. The summed E-state index contributed by atoms with van der Waals surface area (Å²) < 4.78 is 21.7. The van der Waals surface area contributed by atoms with Crippen LogP contribution in [0.3, 0.4) is 0 Å². The highest BCUT2D eigenvalue weighted by Crippen LogP contribution is 2.36. The first-order valence-corrected chi connectivity index (χ1v) is 11.0. The van der Waals surface area contributed by atoms with Crippen molar-refractivity contribution >= 4 is 23.6 Å². The highest BCUT2D eigenvalue weighted by molar-refractivity contribution is 6.32. The van der Waals surface area contributed by atoms with Gasteiger partial charge in [0, 0.05) is 38.8 Å². The van der Waals surface area contributed by atoms with Crippen molar-refractivity contribution in [1.29, 1.82) is 0 Å². The second kappa shape index (κ2) is 10.1. The normalized spacial score (nSPS) is 15.9. The SMILES string of the molecule is CCOc1cc(C=CC(=O)N2CCN(Cc3ccc4c(c3)OCO4)CC2)cc(Cl)c1OC. The van der Waals surface area contributed by atoms with E-state index in [-0.39, 0.29) is 12.7 Å². The van der Waals surface area contributed by atoms with E-state index in [2.05, 4.69) is 11.0 Å². The van der Waals surface area contributed by atoms with E-state index in [1.807, 2.05) is 30.0 Å². The molecule has 2 aliphatic rings. The molecule has 0 spiro atoms. The van der Waals surface area contributed by atoms with Crippen molar-refractivity contribution in [1.82, 2.24) is 9.80 Å². The molecular weight excluding hydrogens is 432 g/mol. The zero-order valence-electron chi connectivity index (χ0n) is 18.3. The number of methoxy groups -OCH3 is 1. The van der Waals surface area contributed by atoms with E-state index in [0.29, 0.717) is 36.2 Å². The van der Waals surface area contributed by atoms with Crippen LogP contribution in [0.2, 0.25) is 5.02 Å². The minimum absolute atomic E-state index is 0.0161. The van der Waals surface area contributed by atoms with Crippen molar-refractivity contribution in [2.24, 2.45) is 0 Å². The van der Waals surface area contributed by atoms with E-state index < -0.39 is 0 Å². The molecule has 4 rings (SSSR count). The zero-order chi connectivity index (χ0) is 22.5. The highest BCUT2D eigenvalue weighted by Gasteiger charge is 2.21. The summed E-state index contributed by atoms with van der Waals surface area (Å²) in [4.78, 5) is 16.9. The van der Waals surface area contributed by atoms with Crippen LogP contribution in [0.4, 0.5) is 0 Å². The van der Waals surface area contributed by atoms with Gasteiger partial charge in [0.05, 0.1) is 18.7 Å². The molecule has 0 saturated carbocycles. The van der Waals surface area contributed by atoms with Gasteiger partial charge in [0.15, 0.2) is 23.0 Å². The van der Waals surface area contributed by atoms with Gasteiger partial charge in [0.2, 0.25) is 12.7 Å². The van der Waals surface area contributed by atoms with Crippen LogP contribution in [0.15, 0.2) is 36.4 Å². The summed E-state index contributed by atoms with van der Waals surface area (Å²) in [6, 6.07) is 9.62. The molecule has 0 N–H and O–H groups in total. The van der Waals surface area contributed by atoms with Crippen LogP contribution < -0.4 is 18.9 Å². The van der Waals surface area contributed by atoms with Gasteiger partial charge in [-0.3, -0.25) is 9.69 Å². The molecule has 2 aliphatic heterocycles. The molecule has 7 nitrogen and oxygen atoms in total. The average molecular weight is 459 g/mol. The van der Waals surface area contributed by atoms with Crippen LogP contribution in [0, 0.1) is 0 Å². The summed E-state index contributed by atoms with van der Waals surface area (Å²) in [5.74, 6) is 2.63. The van der Waals surface area contributed by atoms with E-state index in [1.54, 1.807) is 25.3 Å². The molecule has 0 bridgehead atoms. The molecule has 2 aromatic rings. The molecule has 1 amide bonds. The van der Waals surface area contributed by atoms with Crippen LogP contribution in [0.25, 0.3) is 6.08 Å². The molecule has 8 heteroatoms. The molecule has 0 atom stereocenters. The van der Waals surface area contributed by atoms with E-state index in [9.17, 15) is 4.79 Å². The zero-order valence-corrected chi connectivity index (χ0v) is 19.1. The number of carbonyl (C=O) groups excluding carboxylic acids is 1.